The fraction of sp³-hybridized carbons (Fsp3) is 0.933. The maximum atomic E-state index is 12.3. The van der Waals surface area contributed by atoms with E-state index in [4.69, 9.17) is 4.74 Å². The molecule has 110 valence electrons. The van der Waals surface area contributed by atoms with Gasteiger partial charge < -0.3 is 15.0 Å². The van der Waals surface area contributed by atoms with E-state index in [0.29, 0.717) is 36.8 Å². The summed E-state index contributed by atoms with van der Waals surface area (Å²) >= 11 is 0. The number of rotatable bonds is 5. The molecule has 4 heteroatoms. The standard InChI is InChI=1S/C15H28N2O2/c1-12(11-19-2)9-15(18)17-8-4-5-13(10-17)14-6-3-7-16-14/h12-14,16H,3-11H2,1-2H3. The smallest absolute Gasteiger partial charge is 0.222 e. The summed E-state index contributed by atoms with van der Waals surface area (Å²) in [6.07, 6.45) is 5.63. The van der Waals surface area contributed by atoms with Gasteiger partial charge in [0.25, 0.3) is 0 Å². The third-order valence-electron chi connectivity index (χ3n) is 4.45. The maximum absolute atomic E-state index is 12.3. The van der Waals surface area contributed by atoms with Crippen LogP contribution >= 0.6 is 0 Å². The Labute approximate surface area is 116 Å². The summed E-state index contributed by atoms with van der Waals surface area (Å²) in [6, 6.07) is 0.645. The molecule has 3 atom stereocenters. The molecule has 0 bridgehead atoms. The second kappa shape index (κ2) is 7.25. The molecule has 2 aliphatic rings. The van der Waals surface area contributed by atoms with Gasteiger partial charge in [-0.2, -0.15) is 0 Å². The van der Waals surface area contributed by atoms with Gasteiger partial charge in [0.1, 0.15) is 0 Å². The van der Waals surface area contributed by atoms with Crippen molar-refractivity contribution in [2.75, 3.05) is 33.4 Å². The molecule has 2 rings (SSSR count). The van der Waals surface area contributed by atoms with E-state index < -0.39 is 0 Å². The van der Waals surface area contributed by atoms with Crippen LogP contribution in [0.25, 0.3) is 0 Å². The molecule has 1 N–H and O–H groups in total. The maximum Gasteiger partial charge on any atom is 0.222 e. The zero-order chi connectivity index (χ0) is 13.7. The first kappa shape index (κ1) is 14.8. The predicted octanol–water partition coefficient (Wildman–Crippen LogP) is 1.65. The molecule has 2 heterocycles. The van der Waals surface area contributed by atoms with Crippen molar-refractivity contribution in [2.24, 2.45) is 11.8 Å². The third-order valence-corrected chi connectivity index (χ3v) is 4.45. The van der Waals surface area contributed by atoms with Crippen molar-refractivity contribution in [3.63, 3.8) is 0 Å². The average molecular weight is 268 g/mol. The van der Waals surface area contributed by atoms with E-state index in [1.165, 1.54) is 19.3 Å². The normalized spacial score (nSPS) is 29.5. The first-order chi connectivity index (χ1) is 9.20. The summed E-state index contributed by atoms with van der Waals surface area (Å²) in [5.41, 5.74) is 0. The molecule has 0 aromatic carbocycles. The van der Waals surface area contributed by atoms with Gasteiger partial charge in [0.2, 0.25) is 5.91 Å². The lowest BCUT2D eigenvalue weighted by molar-refractivity contribution is -0.134. The summed E-state index contributed by atoms with van der Waals surface area (Å²) in [5.74, 6) is 1.30. The molecular weight excluding hydrogens is 240 g/mol. The van der Waals surface area contributed by atoms with Gasteiger partial charge in [-0.25, -0.2) is 0 Å². The quantitative estimate of drug-likeness (QED) is 0.824. The molecule has 2 aliphatic heterocycles. The number of nitrogens with one attached hydrogen (secondary N) is 1. The van der Waals surface area contributed by atoms with Crippen molar-refractivity contribution in [1.82, 2.24) is 10.2 Å². The lowest BCUT2D eigenvalue weighted by Gasteiger charge is -2.36. The van der Waals surface area contributed by atoms with Crippen LogP contribution in [-0.4, -0.2) is 50.2 Å². The van der Waals surface area contributed by atoms with Crippen LogP contribution in [0.2, 0.25) is 0 Å². The molecule has 0 spiro atoms. The number of hydrogen-bond donors (Lipinski definition) is 1. The highest BCUT2D eigenvalue weighted by Gasteiger charge is 2.30. The molecular formula is C15H28N2O2. The van der Waals surface area contributed by atoms with Crippen LogP contribution in [0.4, 0.5) is 0 Å². The van der Waals surface area contributed by atoms with Gasteiger partial charge in [-0.3, -0.25) is 4.79 Å². The van der Waals surface area contributed by atoms with E-state index in [1.807, 2.05) is 0 Å². The molecule has 0 aromatic rings. The van der Waals surface area contributed by atoms with Gasteiger partial charge in [-0.15, -0.1) is 0 Å². The van der Waals surface area contributed by atoms with Crippen LogP contribution in [0, 0.1) is 11.8 Å². The number of nitrogens with zero attached hydrogens (tertiary/aromatic N) is 1. The summed E-state index contributed by atoms with van der Waals surface area (Å²) in [7, 11) is 1.70. The fourth-order valence-electron chi connectivity index (χ4n) is 3.45. The van der Waals surface area contributed by atoms with Gasteiger partial charge in [0, 0.05) is 39.3 Å². The number of carbonyl (C=O) groups excluding carboxylic acids is 1. The van der Waals surface area contributed by atoms with Crippen LogP contribution in [0.15, 0.2) is 0 Å². The lowest BCUT2D eigenvalue weighted by Crippen LogP contribution is -2.46. The first-order valence-corrected chi connectivity index (χ1v) is 7.70. The molecule has 2 fully saturated rings. The summed E-state index contributed by atoms with van der Waals surface area (Å²) in [4.78, 5) is 14.4. The highest BCUT2D eigenvalue weighted by atomic mass is 16.5. The van der Waals surface area contributed by atoms with Crippen molar-refractivity contribution < 1.29 is 9.53 Å². The molecule has 0 saturated carbocycles. The Morgan fingerprint density at radius 3 is 2.95 bits per heavy atom. The molecule has 0 aliphatic carbocycles. The Morgan fingerprint density at radius 2 is 2.26 bits per heavy atom. The van der Waals surface area contributed by atoms with E-state index in [0.717, 1.165) is 26.1 Å². The van der Waals surface area contributed by atoms with Crippen LogP contribution in [-0.2, 0) is 9.53 Å². The van der Waals surface area contributed by atoms with E-state index in [1.54, 1.807) is 7.11 Å². The average Bonchev–Trinajstić information content (AvgIpc) is 2.93. The third kappa shape index (κ3) is 4.18. The van der Waals surface area contributed by atoms with E-state index >= 15 is 0 Å². The largest absolute Gasteiger partial charge is 0.384 e. The second-order valence-electron chi connectivity index (χ2n) is 6.21. The zero-order valence-corrected chi connectivity index (χ0v) is 12.4. The summed E-state index contributed by atoms with van der Waals surface area (Å²) < 4.78 is 5.11. The predicted molar refractivity (Wildman–Crippen MR) is 76.0 cm³/mol. The number of amides is 1. The fourth-order valence-corrected chi connectivity index (χ4v) is 3.45. The Morgan fingerprint density at radius 1 is 1.42 bits per heavy atom. The van der Waals surface area contributed by atoms with Gasteiger partial charge in [0.15, 0.2) is 0 Å². The second-order valence-corrected chi connectivity index (χ2v) is 6.21. The highest BCUT2D eigenvalue weighted by Crippen LogP contribution is 2.25. The Kier molecular flexibility index (Phi) is 5.64. The first-order valence-electron chi connectivity index (χ1n) is 7.70. The summed E-state index contributed by atoms with van der Waals surface area (Å²) in [6.45, 7) is 5.81. The Hall–Kier alpha value is -0.610. The van der Waals surface area contributed by atoms with Crippen molar-refractivity contribution in [3.8, 4) is 0 Å². The highest BCUT2D eigenvalue weighted by molar-refractivity contribution is 5.76. The summed E-state index contributed by atoms with van der Waals surface area (Å²) in [5, 5.41) is 3.59. The van der Waals surface area contributed by atoms with Gasteiger partial charge in [0.05, 0.1) is 0 Å². The SMILES string of the molecule is COCC(C)CC(=O)N1CCCC(C2CCCN2)C1. The van der Waals surface area contributed by atoms with Gasteiger partial charge in [-0.05, 0) is 44.1 Å². The lowest BCUT2D eigenvalue weighted by atomic mass is 9.89. The number of likely N-dealkylation sites (tertiary alicyclic amines) is 1. The molecule has 4 nitrogen and oxygen atoms in total. The van der Waals surface area contributed by atoms with E-state index in [2.05, 4.69) is 17.1 Å². The molecule has 1 amide bonds. The minimum absolute atomic E-state index is 0.312. The molecule has 0 aromatic heterocycles. The van der Waals surface area contributed by atoms with Crippen molar-refractivity contribution in [2.45, 2.75) is 45.1 Å². The number of ether oxygens (including phenoxy) is 1. The monoisotopic (exact) mass is 268 g/mol. The van der Waals surface area contributed by atoms with Gasteiger partial charge in [-0.1, -0.05) is 6.92 Å². The van der Waals surface area contributed by atoms with Crippen molar-refractivity contribution in [3.05, 3.63) is 0 Å². The zero-order valence-electron chi connectivity index (χ0n) is 12.4. The minimum atomic E-state index is 0.312. The van der Waals surface area contributed by atoms with E-state index in [-0.39, 0.29) is 0 Å². The van der Waals surface area contributed by atoms with Crippen molar-refractivity contribution in [1.29, 1.82) is 0 Å². The van der Waals surface area contributed by atoms with Gasteiger partial charge >= 0.3 is 0 Å². The topological polar surface area (TPSA) is 41.6 Å². The number of methoxy groups -OCH3 is 1. The van der Waals surface area contributed by atoms with Crippen molar-refractivity contribution >= 4 is 5.91 Å². The Bertz CT molecular complexity index is 290. The molecule has 19 heavy (non-hydrogen) atoms. The van der Waals surface area contributed by atoms with Crippen LogP contribution in [0.5, 0.6) is 0 Å². The molecule has 0 radical (unpaired) electrons. The number of hydrogen-bond acceptors (Lipinski definition) is 3. The minimum Gasteiger partial charge on any atom is -0.384 e. The van der Waals surface area contributed by atoms with Crippen LogP contribution in [0.1, 0.15) is 39.0 Å². The van der Waals surface area contributed by atoms with Crippen LogP contribution < -0.4 is 5.32 Å². The Balaban J connectivity index is 1.80. The van der Waals surface area contributed by atoms with Crippen LogP contribution in [0.3, 0.4) is 0 Å². The molecule has 2 saturated heterocycles. The number of carbonyl (C=O) groups is 1. The number of piperidine rings is 1. The van der Waals surface area contributed by atoms with E-state index in [9.17, 15) is 4.79 Å². The molecule has 3 unspecified atom stereocenters.